The summed E-state index contributed by atoms with van der Waals surface area (Å²) >= 11 is 3.16. The van der Waals surface area contributed by atoms with Crippen molar-refractivity contribution in [1.29, 1.82) is 0 Å². The van der Waals surface area contributed by atoms with E-state index in [0.717, 1.165) is 31.7 Å². The van der Waals surface area contributed by atoms with Gasteiger partial charge in [-0.2, -0.15) is 13.2 Å². The van der Waals surface area contributed by atoms with Gasteiger partial charge in [0.05, 0.1) is 5.56 Å². The molecule has 2 rings (SSSR count). The zero-order valence-corrected chi connectivity index (χ0v) is 13.0. The van der Waals surface area contributed by atoms with Crippen LogP contribution in [0.5, 0.6) is 0 Å². The molecule has 0 amide bonds. The SMILES string of the molecule is CCC1CCCCC1Nc1cc(Br)cc(C(F)(F)F)c1. The van der Waals surface area contributed by atoms with Gasteiger partial charge in [0, 0.05) is 16.2 Å². The van der Waals surface area contributed by atoms with Gasteiger partial charge in [-0.3, -0.25) is 0 Å². The first-order valence-electron chi connectivity index (χ1n) is 7.04. The maximum atomic E-state index is 12.8. The molecule has 0 bridgehead atoms. The summed E-state index contributed by atoms with van der Waals surface area (Å²) < 4.78 is 38.9. The van der Waals surface area contributed by atoms with E-state index in [-0.39, 0.29) is 6.04 Å². The molecule has 0 spiro atoms. The van der Waals surface area contributed by atoms with Gasteiger partial charge >= 0.3 is 6.18 Å². The first kappa shape index (κ1) is 15.7. The third kappa shape index (κ3) is 3.90. The number of anilines is 1. The summed E-state index contributed by atoms with van der Waals surface area (Å²) in [6.45, 7) is 2.15. The van der Waals surface area contributed by atoms with Crippen LogP contribution in [0.2, 0.25) is 0 Å². The van der Waals surface area contributed by atoms with Crippen LogP contribution in [0, 0.1) is 5.92 Å². The molecule has 1 saturated carbocycles. The number of alkyl halides is 3. The lowest BCUT2D eigenvalue weighted by molar-refractivity contribution is -0.137. The predicted octanol–water partition coefficient (Wildman–Crippen LogP) is 5.85. The van der Waals surface area contributed by atoms with Crippen LogP contribution in [0.1, 0.15) is 44.6 Å². The Bertz CT molecular complexity index is 459. The van der Waals surface area contributed by atoms with Crippen molar-refractivity contribution in [3.63, 3.8) is 0 Å². The number of nitrogens with one attached hydrogen (secondary N) is 1. The van der Waals surface area contributed by atoms with Crippen molar-refractivity contribution in [3.05, 3.63) is 28.2 Å². The van der Waals surface area contributed by atoms with Crippen molar-refractivity contribution in [2.75, 3.05) is 5.32 Å². The molecule has 0 heterocycles. The average Bonchev–Trinajstić information content (AvgIpc) is 2.37. The molecule has 20 heavy (non-hydrogen) atoms. The van der Waals surface area contributed by atoms with E-state index in [2.05, 4.69) is 28.2 Å². The fourth-order valence-electron chi connectivity index (χ4n) is 2.94. The molecule has 1 aliphatic carbocycles. The maximum absolute atomic E-state index is 12.8. The number of rotatable bonds is 3. The zero-order valence-electron chi connectivity index (χ0n) is 11.4. The number of benzene rings is 1. The number of halogens is 4. The summed E-state index contributed by atoms with van der Waals surface area (Å²) in [5, 5.41) is 3.31. The summed E-state index contributed by atoms with van der Waals surface area (Å²) in [5.41, 5.74) is -0.0599. The second-order valence-electron chi connectivity index (χ2n) is 5.43. The molecular formula is C15H19BrF3N. The smallest absolute Gasteiger partial charge is 0.382 e. The van der Waals surface area contributed by atoms with Crippen molar-refractivity contribution >= 4 is 21.6 Å². The predicted molar refractivity (Wildman–Crippen MR) is 78.8 cm³/mol. The first-order chi connectivity index (χ1) is 9.40. The Morgan fingerprint density at radius 2 is 1.90 bits per heavy atom. The Labute approximate surface area is 126 Å². The Kier molecular flexibility index (Phi) is 4.99. The standard InChI is InChI=1S/C15H19BrF3N/c1-2-10-5-3-4-6-14(10)20-13-8-11(15(17,18)19)7-12(16)9-13/h7-10,14,20H,2-6H2,1H3. The lowest BCUT2D eigenvalue weighted by Crippen LogP contribution is -2.31. The van der Waals surface area contributed by atoms with E-state index < -0.39 is 11.7 Å². The van der Waals surface area contributed by atoms with E-state index in [0.29, 0.717) is 16.1 Å². The fourth-order valence-corrected chi connectivity index (χ4v) is 3.43. The molecule has 0 aromatic heterocycles. The van der Waals surface area contributed by atoms with Gasteiger partial charge in [-0.05, 0) is 37.0 Å². The average molecular weight is 350 g/mol. The van der Waals surface area contributed by atoms with Gasteiger partial charge in [0.1, 0.15) is 0 Å². The lowest BCUT2D eigenvalue weighted by atomic mass is 9.83. The van der Waals surface area contributed by atoms with Crippen molar-refractivity contribution in [3.8, 4) is 0 Å². The van der Waals surface area contributed by atoms with E-state index in [1.54, 1.807) is 6.07 Å². The van der Waals surface area contributed by atoms with Crippen LogP contribution < -0.4 is 5.32 Å². The van der Waals surface area contributed by atoms with Crippen LogP contribution in [-0.2, 0) is 6.18 Å². The highest BCUT2D eigenvalue weighted by atomic mass is 79.9. The van der Waals surface area contributed by atoms with Crippen molar-refractivity contribution in [1.82, 2.24) is 0 Å². The summed E-state index contributed by atoms with van der Waals surface area (Å²) in [6, 6.07) is 4.32. The summed E-state index contributed by atoms with van der Waals surface area (Å²) in [6.07, 6.45) is 1.33. The monoisotopic (exact) mass is 349 g/mol. The van der Waals surface area contributed by atoms with Crippen LogP contribution in [0.25, 0.3) is 0 Å². The molecule has 1 aliphatic rings. The van der Waals surface area contributed by atoms with Crippen LogP contribution in [0.3, 0.4) is 0 Å². The van der Waals surface area contributed by atoms with E-state index in [9.17, 15) is 13.2 Å². The highest BCUT2D eigenvalue weighted by Gasteiger charge is 2.31. The molecule has 1 fully saturated rings. The van der Waals surface area contributed by atoms with Crippen LogP contribution in [0.15, 0.2) is 22.7 Å². The van der Waals surface area contributed by atoms with Gasteiger partial charge in [0.2, 0.25) is 0 Å². The first-order valence-corrected chi connectivity index (χ1v) is 7.83. The largest absolute Gasteiger partial charge is 0.416 e. The van der Waals surface area contributed by atoms with Gasteiger partial charge in [-0.25, -0.2) is 0 Å². The molecule has 1 nitrogen and oxygen atoms in total. The van der Waals surface area contributed by atoms with E-state index in [1.807, 2.05) is 0 Å². The van der Waals surface area contributed by atoms with Gasteiger partial charge < -0.3 is 5.32 Å². The quantitative estimate of drug-likeness (QED) is 0.721. The summed E-state index contributed by atoms with van der Waals surface area (Å²) in [4.78, 5) is 0. The Morgan fingerprint density at radius 3 is 2.55 bits per heavy atom. The minimum Gasteiger partial charge on any atom is -0.382 e. The van der Waals surface area contributed by atoms with Crippen molar-refractivity contribution < 1.29 is 13.2 Å². The summed E-state index contributed by atoms with van der Waals surface area (Å²) in [5.74, 6) is 0.553. The van der Waals surface area contributed by atoms with Crippen LogP contribution in [-0.4, -0.2) is 6.04 Å². The van der Waals surface area contributed by atoms with E-state index in [4.69, 9.17) is 0 Å². The topological polar surface area (TPSA) is 12.0 Å². The van der Waals surface area contributed by atoms with Gasteiger partial charge in [0.25, 0.3) is 0 Å². The van der Waals surface area contributed by atoms with Gasteiger partial charge in [0.15, 0.2) is 0 Å². The fraction of sp³-hybridized carbons (Fsp3) is 0.600. The molecule has 0 aliphatic heterocycles. The molecule has 1 aromatic rings. The third-order valence-corrected chi connectivity index (χ3v) is 4.47. The molecule has 112 valence electrons. The highest BCUT2D eigenvalue weighted by molar-refractivity contribution is 9.10. The molecule has 5 heteroatoms. The minimum atomic E-state index is -4.31. The molecule has 1 N–H and O–H groups in total. The molecule has 0 radical (unpaired) electrons. The second kappa shape index (κ2) is 6.37. The normalized spacial score (nSPS) is 23.6. The minimum absolute atomic E-state index is 0.282. The van der Waals surface area contributed by atoms with Gasteiger partial charge in [-0.15, -0.1) is 0 Å². The third-order valence-electron chi connectivity index (χ3n) is 4.01. The highest BCUT2D eigenvalue weighted by Crippen LogP contribution is 2.35. The maximum Gasteiger partial charge on any atom is 0.416 e. The summed E-state index contributed by atoms with van der Waals surface area (Å²) in [7, 11) is 0. The second-order valence-corrected chi connectivity index (χ2v) is 6.35. The number of hydrogen-bond donors (Lipinski definition) is 1. The Morgan fingerprint density at radius 1 is 1.20 bits per heavy atom. The molecular weight excluding hydrogens is 331 g/mol. The zero-order chi connectivity index (χ0) is 14.8. The van der Waals surface area contributed by atoms with Crippen LogP contribution in [0.4, 0.5) is 18.9 Å². The molecule has 2 unspecified atom stereocenters. The Hall–Kier alpha value is -0.710. The van der Waals surface area contributed by atoms with Gasteiger partial charge in [-0.1, -0.05) is 42.1 Å². The lowest BCUT2D eigenvalue weighted by Gasteiger charge is -2.32. The molecule has 1 aromatic carbocycles. The van der Waals surface area contributed by atoms with Crippen molar-refractivity contribution in [2.24, 2.45) is 5.92 Å². The van der Waals surface area contributed by atoms with E-state index in [1.165, 1.54) is 12.5 Å². The Balaban J connectivity index is 2.18. The van der Waals surface area contributed by atoms with Crippen LogP contribution >= 0.6 is 15.9 Å². The molecule has 2 atom stereocenters. The number of hydrogen-bond acceptors (Lipinski definition) is 1. The van der Waals surface area contributed by atoms with Crippen molar-refractivity contribution in [2.45, 2.75) is 51.2 Å². The molecule has 0 saturated heterocycles. The van der Waals surface area contributed by atoms with E-state index >= 15 is 0 Å².